The van der Waals surface area contributed by atoms with Crippen molar-refractivity contribution in [3.8, 4) is 11.1 Å². The molecule has 0 aliphatic heterocycles. The largest absolute Gasteiger partial charge is 0.465 e. The molecule has 0 fully saturated rings. The van der Waals surface area contributed by atoms with E-state index in [-0.39, 0.29) is 30.0 Å². The molecule has 124 valence electrons. The number of fused-ring (bicyclic) bond motifs is 3. The number of benzene rings is 2. The third kappa shape index (κ3) is 3.25. The zero-order chi connectivity index (χ0) is 17.1. The molecule has 1 atom stereocenters. The minimum atomic E-state index is -0.232. The van der Waals surface area contributed by atoms with Crippen molar-refractivity contribution < 1.29 is 14.3 Å². The molecule has 0 N–H and O–H groups in total. The molecule has 2 aromatic rings. The highest BCUT2D eigenvalue weighted by Gasteiger charge is 2.28. The number of rotatable bonds is 6. The van der Waals surface area contributed by atoms with Gasteiger partial charge in [-0.25, -0.2) is 0 Å². The molecule has 1 aliphatic rings. The molecule has 0 radical (unpaired) electrons. The zero-order valence-corrected chi connectivity index (χ0v) is 14.1. The first kappa shape index (κ1) is 16.4. The predicted molar refractivity (Wildman–Crippen MR) is 93.8 cm³/mol. The number of hydrogen-bond acceptors (Lipinski definition) is 3. The van der Waals surface area contributed by atoms with Crippen LogP contribution in [0.5, 0.6) is 0 Å². The Bertz CT molecular complexity index is 718. The molecule has 3 heteroatoms. The van der Waals surface area contributed by atoms with E-state index in [1.807, 2.05) is 31.2 Å². The molecule has 0 bridgehead atoms. The van der Waals surface area contributed by atoms with Crippen LogP contribution >= 0.6 is 0 Å². The van der Waals surface area contributed by atoms with Crippen LogP contribution in [0.4, 0.5) is 0 Å². The summed E-state index contributed by atoms with van der Waals surface area (Å²) < 4.78 is 5.52. The highest BCUT2D eigenvalue weighted by atomic mass is 16.5. The fraction of sp³-hybridized carbons (Fsp3) is 0.333. The maximum absolute atomic E-state index is 12.0. The Kier molecular flexibility index (Phi) is 4.79. The Labute approximate surface area is 142 Å². The fourth-order valence-electron chi connectivity index (χ4n) is 3.23. The molecule has 1 aliphatic carbocycles. The topological polar surface area (TPSA) is 43.4 Å². The molecule has 1 unspecified atom stereocenters. The maximum atomic E-state index is 12.0. The monoisotopic (exact) mass is 322 g/mol. The molecule has 0 aromatic heterocycles. The van der Waals surface area contributed by atoms with Gasteiger partial charge in [0.25, 0.3) is 0 Å². The molecule has 3 rings (SSSR count). The van der Waals surface area contributed by atoms with Crippen LogP contribution in [0.3, 0.4) is 0 Å². The van der Waals surface area contributed by atoms with Gasteiger partial charge in [0.2, 0.25) is 0 Å². The van der Waals surface area contributed by atoms with Crippen LogP contribution in [0, 0.1) is 5.92 Å². The van der Waals surface area contributed by atoms with Crippen molar-refractivity contribution in [2.24, 2.45) is 5.92 Å². The van der Waals surface area contributed by atoms with E-state index in [2.05, 4.69) is 24.3 Å². The van der Waals surface area contributed by atoms with Crippen LogP contribution in [-0.2, 0) is 14.3 Å². The molecule has 0 saturated heterocycles. The van der Waals surface area contributed by atoms with Crippen LogP contribution in [0.15, 0.2) is 48.5 Å². The predicted octanol–water partition coefficient (Wildman–Crippen LogP) is 4.35. The molecule has 0 amide bonds. The number of carbonyl (C=O) groups is 2. The van der Waals surface area contributed by atoms with Gasteiger partial charge in [-0.1, -0.05) is 55.5 Å². The summed E-state index contributed by atoms with van der Waals surface area (Å²) in [5.74, 6) is -0.122. The minimum Gasteiger partial charge on any atom is -0.465 e. The molecule has 3 nitrogen and oxygen atoms in total. The number of esters is 1. The van der Waals surface area contributed by atoms with Gasteiger partial charge in [-0.05, 0) is 35.6 Å². The van der Waals surface area contributed by atoms with E-state index in [9.17, 15) is 9.59 Å². The minimum absolute atomic E-state index is 0.0894. The smallest absolute Gasteiger partial charge is 0.305 e. The van der Waals surface area contributed by atoms with E-state index in [4.69, 9.17) is 4.74 Å². The van der Waals surface area contributed by atoms with Gasteiger partial charge in [-0.2, -0.15) is 0 Å². The van der Waals surface area contributed by atoms with E-state index in [0.29, 0.717) is 13.0 Å². The quantitative estimate of drug-likeness (QED) is 0.743. The van der Waals surface area contributed by atoms with Gasteiger partial charge in [0.15, 0.2) is 0 Å². The zero-order valence-electron chi connectivity index (χ0n) is 14.1. The fourth-order valence-corrected chi connectivity index (χ4v) is 3.23. The van der Waals surface area contributed by atoms with Crippen molar-refractivity contribution in [3.05, 3.63) is 59.7 Å². The van der Waals surface area contributed by atoms with E-state index in [1.165, 1.54) is 22.3 Å². The van der Waals surface area contributed by atoms with Crippen LogP contribution in [0.2, 0.25) is 0 Å². The average Bonchev–Trinajstić information content (AvgIpc) is 2.92. The molecular formula is C21H22O3. The number of ether oxygens (including phenoxy) is 1. The summed E-state index contributed by atoms with van der Waals surface area (Å²) in [5, 5.41) is 0. The van der Waals surface area contributed by atoms with Gasteiger partial charge in [-0.3, -0.25) is 9.59 Å². The maximum Gasteiger partial charge on any atom is 0.305 e. The standard InChI is InChI=1S/C21H22O3/c1-14(15(2)22)11-12-21(23)24-13-20-18-9-5-3-7-16(18)17-8-4-6-10-19(17)20/h3-10,14,20H,11-13H2,1-2H3. The Morgan fingerprint density at radius 2 is 1.54 bits per heavy atom. The Morgan fingerprint density at radius 3 is 2.08 bits per heavy atom. The lowest BCUT2D eigenvalue weighted by Gasteiger charge is -2.14. The van der Waals surface area contributed by atoms with Crippen LogP contribution in [-0.4, -0.2) is 18.4 Å². The second kappa shape index (κ2) is 7.00. The number of hydrogen-bond donors (Lipinski definition) is 0. The van der Waals surface area contributed by atoms with Gasteiger partial charge in [0, 0.05) is 18.3 Å². The number of carbonyl (C=O) groups excluding carboxylic acids is 2. The number of Topliss-reactive ketones (excluding diaryl/α,β-unsaturated/α-hetero) is 1. The first-order valence-corrected chi connectivity index (χ1v) is 8.42. The normalized spacial score (nSPS) is 13.9. The van der Waals surface area contributed by atoms with E-state index < -0.39 is 0 Å². The van der Waals surface area contributed by atoms with E-state index in [1.54, 1.807) is 6.92 Å². The molecular weight excluding hydrogens is 300 g/mol. The van der Waals surface area contributed by atoms with Crippen molar-refractivity contribution in [1.29, 1.82) is 0 Å². The summed E-state index contributed by atoms with van der Waals surface area (Å²) in [7, 11) is 0. The van der Waals surface area contributed by atoms with Crippen LogP contribution in [0.25, 0.3) is 11.1 Å². The molecule has 0 spiro atoms. The van der Waals surface area contributed by atoms with E-state index >= 15 is 0 Å². The van der Waals surface area contributed by atoms with Gasteiger partial charge in [0.05, 0.1) is 0 Å². The summed E-state index contributed by atoms with van der Waals surface area (Å²) in [4.78, 5) is 23.3. The van der Waals surface area contributed by atoms with Crippen molar-refractivity contribution in [1.82, 2.24) is 0 Å². The molecule has 24 heavy (non-hydrogen) atoms. The van der Waals surface area contributed by atoms with Crippen molar-refractivity contribution in [2.75, 3.05) is 6.61 Å². The van der Waals surface area contributed by atoms with Crippen molar-refractivity contribution >= 4 is 11.8 Å². The number of ketones is 1. The highest BCUT2D eigenvalue weighted by molar-refractivity contribution is 5.80. The lowest BCUT2D eigenvalue weighted by atomic mass is 9.98. The third-order valence-corrected chi connectivity index (χ3v) is 4.85. The van der Waals surface area contributed by atoms with E-state index in [0.717, 1.165) is 0 Å². The summed E-state index contributed by atoms with van der Waals surface area (Å²) in [6, 6.07) is 16.6. The van der Waals surface area contributed by atoms with Crippen molar-refractivity contribution in [2.45, 2.75) is 32.6 Å². The van der Waals surface area contributed by atoms with Gasteiger partial charge in [-0.15, -0.1) is 0 Å². The van der Waals surface area contributed by atoms with Crippen LogP contribution < -0.4 is 0 Å². The second-order valence-corrected chi connectivity index (χ2v) is 6.46. The molecule has 0 heterocycles. The molecule has 2 aromatic carbocycles. The summed E-state index contributed by atoms with van der Waals surface area (Å²) in [6.07, 6.45) is 0.836. The van der Waals surface area contributed by atoms with Crippen molar-refractivity contribution in [3.63, 3.8) is 0 Å². The van der Waals surface area contributed by atoms with Gasteiger partial charge < -0.3 is 4.74 Å². The summed E-state index contributed by atoms with van der Waals surface area (Å²) >= 11 is 0. The average molecular weight is 322 g/mol. The summed E-state index contributed by atoms with van der Waals surface area (Å²) in [6.45, 7) is 3.75. The Balaban J connectivity index is 1.67. The highest BCUT2D eigenvalue weighted by Crippen LogP contribution is 2.44. The first-order chi connectivity index (χ1) is 11.6. The van der Waals surface area contributed by atoms with Gasteiger partial charge >= 0.3 is 5.97 Å². The lowest BCUT2D eigenvalue weighted by Crippen LogP contribution is -2.14. The second-order valence-electron chi connectivity index (χ2n) is 6.46. The molecule has 0 saturated carbocycles. The Hall–Kier alpha value is -2.42. The van der Waals surface area contributed by atoms with Gasteiger partial charge in [0.1, 0.15) is 12.4 Å². The lowest BCUT2D eigenvalue weighted by molar-refractivity contribution is -0.144. The summed E-state index contributed by atoms with van der Waals surface area (Å²) in [5.41, 5.74) is 4.87. The SMILES string of the molecule is CC(=O)C(C)CCC(=O)OCC1c2ccccc2-c2ccccc21. The Morgan fingerprint density at radius 1 is 1.00 bits per heavy atom. The first-order valence-electron chi connectivity index (χ1n) is 8.42. The third-order valence-electron chi connectivity index (χ3n) is 4.85. The van der Waals surface area contributed by atoms with Crippen LogP contribution in [0.1, 0.15) is 43.7 Å².